The molecule has 0 atom stereocenters. The summed E-state index contributed by atoms with van der Waals surface area (Å²) in [6, 6.07) is 14.4. The van der Waals surface area contributed by atoms with Crippen LogP contribution in [0, 0.1) is 0 Å². The van der Waals surface area contributed by atoms with Crippen molar-refractivity contribution in [3.8, 4) is 0 Å². The predicted octanol–water partition coefficient (Wildman–Crippen LogP) is 5.24. The molecule has 0 bridgehead atoms. The number of carbonyl (C=O) groups is 2. The van der Waals surface area contributed by atoms with Crippen LogP contribution in [0.3, 0.4) is 0 Å². The van der Waals surface area contributed by atoms with Crippen molar-refractivity contribution in [2.45, 2.75) is 52.4 Å². The quantitative estimate of drug-likeness (QED) is 0.776. The highest BCUT2D eigenvalue weighted by Gasteiger charge is 2.16. The average Bonchev–Trinajstić information content (AvgIpc) is 2.53. The van der Waals surface area contributed by atoms with Gasteiger partial charge in [-0.2, -0.15) is 0 Å². The van der Waals surface area contributed by atoms with Gasteiger partial charge in [-0.05, 0) is 46.2 Å². The lowest BCUT2D eigenvalue weighted by atomic mass is 9.87. The van der Waals surface area contributed by atoms with Gasteiger partial charge in [0.05, 0.1) is 0 Å². The van der Waals surface area contributed by atoms with Crippen molar-refractivity contribution in [3.63, 3.8) is 0 Å². The molecule has 0 heterocycles. The van der Waals surface area contributed by atoms with Crippen molar-refractivity contribution >= 4 is 17.6 Å². The van der Waals surface area contributed by atoms with E-state index >= 15 is 0 Å². The number of hydrogen-bond donors (Lipinski definition) is 2. The molecule has 2 aromatic rings. The Hall–Kier alpha value is -2.62. The van der Waals surface area contributed by atoms with E-state index in [0.717, 1.165) is 5.56 Å². The van der Waals surface area contributed by atoms with E-state index in [1.54, 1.807) is 12.1 Å². The van der Waals surface area contributed by atoms with Crippen LogP contribution >= 0.6 is 0 Å². The molecule has 26 heavy (non-hydrogen) atoms. The summed E-state index contributed by atoms with van der Waals surface area (Å²) in [5, 5.41) is 5.04. The van der Waals surface area contributed by atoms with E-state index in [-0.39, 0.29) is 10.8 Å². The van der Waals surface area contributed by atoms with Crippen LogP contribution in [0.5, 0.6) is 0 Å². The fraction of sp³-hybridized carbons (Fsp3) is 0.364. The third-order valence-corrected chi connectivity index (χ3v) is 4.25. The maximum absolute atomic E-state index is 12.2. The van der Waals surface area contributed by atoms with Gasteiger partial charge in [0.25, 0.3) is 5.91 Å². The molecule has 4 heteroatoms. The summed E-state index contributed by atoms with van der Waals surface area (Å²) < 4.78 is 0. The minimum absolute atomic E-state index is 0.0194. The molecule has 0 saturated heterocycles. The second kappa shape index (κ2) is 7.32. The van der Waals surface area contributed by atoms with Gasteiger partial charge in [0.15, 0.2) is 0 Å². The maximum Gasteiger partial charge on any atom is 0.326 e. The summed E-state index contributed by atoms with van der Waals surface area (Å²) in [7, 11) is 0. The van der Waals surface area contributed by atoms with Gasteiger partial charge in [-0.15, -0.1) is 0 Å². The fourth-order valence-electron chi connectivity index (χ4n) is 2.51. The number of rotatable bonds is 2. The number of hydrogen-bond acceptors (Lipinski definition) is 2. The topological polar surface area (TPSA) is 58.2 Å². The number of benzene rings is 2. The summed E-state index contributed by atoms with van der Waals surface area (Å²) in [5.74, 6) is -0.422. The van der Waals surface area contributed by atoms with Gasteiger partial charge < -0.3 is 5.32 Å². The van der Waals surface area contributed by atoms with E-state index in [4.69, 9.17) is 0 Å². The Labute approximate surface area is 156 Å². The Morgan fingerprint density at radius 1 is 0.692 bits per heavy atom. The number of nitrogens with one attached hydrogen (secondary N) is 2. The summed E-state index contributed by atoms with van der Waals surface area (Å²) in [6.45, 7) is 12.7. The first-order valence-electron chi connectivity index (χ1n) is 8.80. The first-order chi connectivity index (χ1) is 12.0. The van der Waals surface area contributed by atoms with Crippen LogP contribution in [0.2, 0.25) is 0 Å². The molecule has 0 saturated carbocycles. The SMILES string of the molecule is CC(C)(C)c1ccc(NC(=O)NC(=O)c2ccc(C(C)(C)C)cc2)cc1. The van der Waals surface area contributed by atoms with Crippen LogP contribution in [0.4, 0.5) is 10.5 Å². The number of amides is 3. The smallest absolute Gasteiger partial charge is 0.308 e. The molecule has 0 spiro atoms. The molecule has 0 unspecified atom stereocenters. The minimum Gasteiger partial charge on any atom is -0.308 e. The van der Waals surface area contributed by atoms with E-state index in [1.165, 1.54) is 5.56 Å². The van der Waals surface area contributed by atoms with Crippen molar-refractivity contribution in [2.75, 3.05) is 5.32 Å². The number of urea groups is 1. The highest BCUT2D eigenvalue weighted by Crippen LogP contribution is 2.24. The second-order valence-electron chi connectivity index (χ2n) is 8.56. The van der Waals surface area contributed by atoms with Crippen molar-refractivity contribution in [1.82, 2.24) is 5.32 Å². The highest BCUT2D eigenvalue weighted by molar-refractivity contribution is 6.07. The first-order valence-corrected chi connectivity index (χ1v) is 8.80. The summed E-state index contributed by atoms with van der Waals surface area (Å²) in [4.78, 5) is 24.3. The van der Waals surface area contributed by atoms with Crippen LogP contribution in [-0.4, -0.2) is 11.9 Å². The Balaban J connectivity index is 1.98. The normalized spacial score (nSPS) is 11.8. The van der Waals surface area contributed by atoms with Gasteiger partial charge >= 0.3 is 6.03 Å². The molecular formula is C22H28N2O2. The molecule has 2 rings (SSSR count). The van der Waals surface area contributed by atoms with Crippen LogP contribution in [0.1, 0.15) is 63.0 Å². The van der Waals surface area contributed by atoms with E-state index < -0.39 is 11.9 Å². The molecular weight excluding hydrogens is 324 g/mol. The van der Waals surface area contributed by atoms with Crippen LogP contribution in [0.15, 0.2) is 48.5 Å². The number of carbonyl (C=O) groups excluding carboxylic acids is 2. The lowest BCUT2D eigenvalue weighted by Gasteiger charge is -2.19. The lowest BCUT2D eigenvalue weighted by Crippen LogP contribution is -2.34. The molecule has 0 aliphatic rings. The lowest BCUT2D eigenvalue weighted by molar-refractivity contribution is 0.0967. The predicted molar refractivity (Wildman–Crippen MR) is 107 cm³/mol. The van der Waals surface area contributed by atoms with Crippen molar-refractivity contribution in [1.29, 1.82) is 0 Å². The Morgan fingerprint density at radius 3 is 1.54 bits per heavy atom. The van der Waals surface area contributed by atoms with Crippen molar-refractivity contribution in [3.05, 3.63) is 65.2 Å². The summed E-state index contributed by atoms with van der Waals surface area (Å²) in [5.41, 5.74) is 3.49. The molecule has 0 aliphatic heterocycles. The molecule has 0 aliphatic carbocycles. The van der Waals surface area contributed by atoms with E-state index in [1.807, 2.05) is 36.4 Å². The molecule has 138 valence electrons. The third-order valence-electron chi connectivity index (χ3n) is 4.25. The number of imide groups is 1. The Morgan fingerprint density at radius 2 is 1.12 bits per heavy atom. The zero-order valence-electron chi connectivity index (χ0n) is 16.4. The van der Waals surface area contributed by atoms with Gasteiger partial charge in [0, 0.05) is 11.3 Å². The molecule has 4 nitrogen and oxygen atoms in total. The Bertz CT molecular complexity index is 777. The first kappa shape index (κ1) is 19.7. The minimum atomic E-state index is -0.543. The molecule has 2 N–H and O–H groups in total. The summed E-state index contributed by atoms with van der Waals surface area (Å²) >= 11 is 0. The number of anilines is 1. The second-order valence-corrected chi connectivity index (χ2v) is 8.56. The van der Waals surface area contributed by atoms with Crippen molar-refractivity contribution < 1.29 is 9.59 Å². The Kier molecular flexibility index (Phi) is 5.55. The van der Waals surface area contributed by atoms with Gasteiger partial charge in [-0.1, -0.05) is 65.8 Å². The van der Waals surface area contributed by atoms with Crippen LogP contribution < -0.4 is 10.6 Å². The summed E-state index contributed by atoms with van der Waals surface area (Å²) in [6.07, 6.45) is 0. The maximum atomic E-state index is 12.2. The standard InChI is InChI=1S/C22H28N2O2/c1-21(2,3)16-9-7-15(8-10-16)19(25)24-20(26)23-18-13-11-17(12-14-18)22(4,5)6/h7-14H,1-6H3,(H2,23,24,25,26). The van der Waals surface area contributed by atoms with Gasteiger partial charge in [-0.3, -0.25) is 10.1 Å². The fourth-order valence-corrected chi connectivity index (χ4v) is 2.51. The van der Waals surface area contributed by atoms with Gasteiger partial charge in [-0.25, -0.2) is 4.79 Å². The monoisotopic (exact) mass is 352 g/mol. The zero-order chi connectivity index (χ0) is 19.5. The zero-order valence-corrected chi connectivity index (χ0v) is 16.4. The molecule has 0 radical (unpaired) electrons. The van der Waals surface area contributed by atoms with Crippen LogP contribution in [-0.2, 0) is 10.8 Å². The third kappa shape index (κ3) is 5.19. The largest absolute Gasteiger partial charge is 0.326 e. The van der Waals surface area contributed by atoms with E-state index in [0.29, 0.717) is 11.3 Å². The molecule has 0 fully saturated rings. The van der Waals surface area contributed by atoms with Gasteiger partial charge in [0.2, 0.25) is 0 Å². The molecule has 3 amide bonds. The van der Waals surface area contributed by atoms with Crippen LogP contribution in [0.25, 0.3) is 0 Å². The molecule has 2 aromatic carbocycles. The van der Waals surface area contributed by atoms with E-state index in [9.17, 15) is 9.59 Å². The van der Waals surface area contributed by atoms with Crippen molar-refractivity contribution in [2.24, 2.45) is 0 Å². The highest BCUT2D eigenvalue weighted by atomic mass is 16.2. The average molecular weight is 352 g/mol. The van der Waals surface area contributed by atoms with Gasteiger partial charge in [0.1, 0.15) is 0 Å². The van der Waals surface area contributed by atoms with E-state index in [2.05, 4.69) is 52.2 Å². The molecule has 0 aromatic heterocycles.